The predicted molar refractivity (Wildman–Crippen MR) is 146 cm³/mol. The van der Waals surface area contributed by atoms with Crippen LogP contribution in [0, 0.1) is 6.92 Å². The number of thiophene rings is 1. The summed E-state index contributed by atoms with van der Waals surface area (Å²) in [5.74, 6) is 1.65. The molecule has 1 aromatic carbocycles. The molecule has 0 radical (unpaired) electrons. The normalized spacial score (nSPS) is 14.6. The summed E-state index contributed by atoms with van der Waals surface area (Å²) in [4.78, 5) is 31.4. The Labute approximate surface area is 231 Å². The molecule has 2 amide bonds. The number of hydrogen-bond donors (Lipinski definition) is 1. The summed E-state index contributed by atoms with van der Waals surface area (Å²) in [6.45, 7) is 1.89. The van der Waals surface area contributed by atoms with Crippen molar-refractivity contribution in [2.45, 2.75) is 64.2 Å². The molecule has 0 aliphatic heterocycles. The molecule has 0 saturated heterocycles. The fourth-order valence-electron chi connectivity index (χ4n) is 4.82. The van der Waals surface area contributed by atoms with E-state index in [0.29, 0.717) is 17.3 Å². The monoisotopic (exact) mass is 548 g/mol. The van der Waals surface area contributed by atoms with Crippen LogP contribution in [0.15, 0.2) is 58.3 Å². The van der Waals surface area contributed by atoms with Crippen LogP contribution in [-0.2, 0) is 22.7 Å². The van der Waals surface area contributed by atoms with Gasteiger partial charge >= 0.3 is 0 Å². The van der Waals surface area contributed by atoms with Gasteiger partial charge in [-0.2, -0.15) is 4.80 Å². The Morgan fingerprint density at radius 2 is 1.95 bits per heavy atom. The summed E-state index contributed by atoms with van der Waals surface area (Å²) in [5.41, 5.74) is 0.751. The van der Waals surface area contributed by atoms with E-state index in [2.05, 4.69) is 20.7 Å². The van der Waals surface area contributed by atoms with Gasteiger partial charge < -0.3 is 19.4 Å². The molecule has 1 atom stereocenters. The molecule has 204 valence electrons. The van der Waals surface area contributed by atoms with Crippen molar-refractivity contribution in [2.24, 2.45) is 0 Å². The molecule has 39 heavy (non-hydrogen) atoms. The summed E-state index contributed by atoms with van der Waals surface area (Å²) in [6, 6.07) is 13.9. The largest absolute Gasteiger partial charge is 0.497 e. The Kier molecular flexibility index (Phi) is 8.36. The van der Waals surface area contributed by atoms with Gasteiger partial charge in [0.25, 0.3) is 5.91 Å². The first-order valence-corrected chi connectivity index (χ1v) is 14.0. The van der Waals surface area contributed by atoms with Gasteiger partial charge in [-0.15, -0.1) is 21.5 Å². The highest BCUT2D eigenvalue weighted by atomic mass is 32.1. The molecule has 3 aromatic heterocycles. The van der Waals surface area contributed by atoms with Crippen LogP contribution in [0.3, 0.4) is 0 Å². The van der Waals surface area contributed by atoms with Crippen LogP contribution in [0.25, 0.3) is 11.4 Å². The number of benzene rings is 1. The number of ether oxygens (including phenoxy) is 1. The van der Waals surface area contributed by atoms with Crippen LogP contribution < -0.4 is 10.1 Å². The molecule has 1 fully saturated rings. The third kappa shape index (κ3) is 6.54. The Balaban J connectivity index is 1.41. The molecule has 1 aliphatic carbocycles. The Morgan fingerprint density at radius 3 is 2.62 bits per heavy atom. The standard InChI is InChI=1S/C28H32N6O4S/c1-19-10-15-24(38-19)26(28(36)29-21-7-4-3-5-8-21)33(17-23-9-6-16-39-23)25(35)18-34-31-27(30-32-34)20-11-13-22(37-2)14-12-20/h6,9-16,21,26H,3-5,7-8,17-18H2,1-2H3,(H,29,36). The lowest BCUT2D eigenvalue weighted by atomic mass is 9.95. The van der Waals surface area contributed by atoms with Gasteiger partial charge in [-0.05, 0) is 72.8 Å². The van der Waals surface area contributed by atoms with Crippen LogP contribution >= 0.6 is 11.3 Å². The Bertz CT molecular complexity index is 1380. The SMILES string of the molecule is COc1ccc(-c2nnn(CC(=O)N(Cc3cccs3)C(C(=O)NC3CCCCC3)c3ccc(C)o3)n2)cc1. The lowest BCUT2D eigenvalue weighted by Gasteiger charge is -2.31. The number of tetrazole rings is 1. The first-order valence-electron chi connectivity index (χ1n) is 13.1. The first kappa shape index (κ1) is 26.6. The number of carbonyl (C=O) groups is 2. The van der Waals surface area contributed by atoms with Gasteiger partial charge in [0.15, 0.2) is 6.04 Å². The van der Waals surface area contributed by atoms with Crippen molar-refractivity contribution in [1.82, 2.24) is 30.4 Å². The third-order valence-corrected chi connectivity index (χ3v) is 7.71. The minimum absolute atomic E-state index is 0.0903. The number of amides is 2. The average molecular weight is 549 g/mol. The number of aromatic nitrogens is 4. The minimum atomic E-state index is -0.931. The van der Waals surface area contributed by atoms with Gasteiger partial charge in [-0.3, -0.25) is 9.59 Å². The van der Waals surface area contributed by atoms with E-state index in [-0.39, 0.29) is 30.9 Å². The second-order valence-corrected chi connectivity index (χ2v) is 10.7. The van der Waals surface area contributed by atoms with Crippen LogP contribution in [-0.4, -0.2) is 50.1 Å². The van der Waals surface area contributed by atoms with Crippen molar-refractivity contribution >= 4 is 23.2 Å². The van der Waals surface area contributed by atoms with Crippen molar-refractivity contribution in [2.75, 3.05) is 7.11 Å². The number of nitrogens with zero attached hydrogens (tertiary/aromatic N) is 5. The summed E-state index contributed by atoms with van der Waals surface area (Å²) in [6.07, 6.45) is 5.22. The highest BCUT2D eigenvalue weighted by Crippen LogP contribution is 2.28. The number of aryl methyl sites for hydroxylation is 1. The molecule has 3 heterocycles. The number of rotatable bonds is 10. The van der Waals surface area contributed by atoms with E-state index in [1.165, 1.54) is 22.6 Å². The molecule has 1 aliphatic rings. The molecule has 4 aromatic rings. The molecular weight excluding hydrogens is 516 g/mol. The maximum atomic E-state index is 13.9. The van der Waals surface area contributed by atoms with Crippen molar-refractivity contribution < 1.29 is 18.7 Å². The van der Waals surface area contributed by atoms with Gasteiger partial charge in [0.05, 0.1) is 13.7 Å². The topological polar surface area (TPSA) is 115 Å². The predicted octanol–water partition coefficient (Wildman–Crippen LogP) is 4.53. The van der Waals surface area contributed by atoms with Crippen LogP contribution in [0.2, 0.25) is 0 Å². The van der Waals surface area contributed by atoms with Gasteiger partial charge in [-0.1, -0.05) is 25.3 Å². The molecule has 1 saturated carbocycles. The number of carbonyl (C=O) groups excluding carboxylic acids is 2. The number of methoxy groups -OCH3 is 1. The zero-order valence-electron chi connectivity index (χ0n) is 22.1. The van der Waals surface area contributed by atoms with Gasteiger partial charge in [-0.25, -0.2) is 0 Å². The van der Waals surface area contributed by atoms with Gasteiger partial charge in [0.1, 0.15) is 23.8 Å². The molecule has 1 N–H and O–H groups in total. The van der Waals surface area contributed by atoms with E-state index in [4.69, 9.17) is 9.15 Å². The summed E-state index contributed by atoms with van der Waals surface area (Å²) < 4.78 is 11.1. The molecule has 1 unspecified atom stereocenters. The van der Waals surface area contributed by atoms with Gasteiger partial charge in [0.2, 0.25) is 11.7 Å². The van der Waals surface area contributed by atoms with Crippen LogP contribution in [0.5, 0.6) is 5.75 Å². The zero-order chi connectivity index (χ0) is 27.2. The molecule has 0 bridgehead atoms. The van der Waals surface area contributed by atoms with Crippen LogP contribution in [0.4, 0.5) is 0 Å². The zero-order valence-corrected chi connectivity index (χ0v) is 22.9. The maximum absolute atomic E-state index is 13.9. The van der Waals surface area contributed by atoms with E-state index in [1.54, 1.807) is 18.1 Å². The van der Waals surface area contributed by atoms with Crippen molar-refractivity contribution in [3.63, 3.8) is 0 Å². The van der Waals surface area contributed by atoms with E-state index >= 15 is 0 Å². The minimum Gasteiger partial charge on any atom is -0.497 e. The fourth-order valence-corrected chi connectivity index (χ4v) is 5.53. The number of furan rings is 1. The first-order chi connectivity index (χ1) is 19.0. The van der Waals surface area contributed by atoms with E-state index < -0.39 is 6.04 Å². The third-order valence-electron chi connectivity index (χ3n) is 6.85. The molecule has 11 heteroatoms. The average Bonchev–Trinajstić information content (AvgIpc) is 3.72. The second kappa shape index (κ2) is 12.2. The van der Waals surface area contributed by atoms with Crippen molar-refractivity contribution in [3.8, 4) is 17.1 Å². The van der Waals surface area contributed by atoms with Crippen LogP contribution in [0.1, 0.15) is 54.5 Å². The Hall–Kier alpha value is -3.99. The quantitative estimate of drug-likeness (QED) is 0.310. The maximum Gasteiger partial charge on any atom is 0.250 e. The molecule has 5 rings (SSSR count). The Morgan fingerprint density at radius 1 is 1.15 bits per heavy atom. The summed E-state index contributed by atoms with van der Waals surface area (Å²) in [7, 11) is 1.60. The van der Waals surface area contributed by atoms with Crippen molar-refractivity contribution in [1.29, 1.82) is 0 Å². The summed E-state index contributed by atoms with van der Waals surface area (Å²) in [5, 5.41) is 17.8. The number of nitrogens with one attached hydrogen (secondary N) is 1. The lowest BCUT2D eigenvalue weighted by Crippen LogP contribution is -2.47. The highest BCUT2D eigenvalue weighted by Gasteiger charge is 2.35. The smallest absolute Gasteiger partial charge is 0.250 e. The number of hydrogen-bond acceptors (Lipinski definition) is 8. The lowest BCUT2D eigenvalue weighted by molar-refractivity contribution is -0.143. The second-order valence-electron chi connectivity index (χ2n) is 9.67. The van der Waals surface area contributed by atoms with E-state index in [0.717, 1.165) is 41.9 Å². The fraction of sp³-hybridized carbons (Fsp3) is 0.393. The van der Waals surface area contributed by atoms with Gasteiger partial charge in [0, 0.05) is 16.5 Å². The highest BCUT2D eigenvalue weighted by molar-refractivity contribution is 7.09. The van der Waals surface area contributed by atoms with E-state index in [9.17, 15) is 9.59 Å². The molecule has 10 nitrogen and oxygen atoms in total. The molecule has 0 spiro atoms. The van der Waals surface area contributed by atoms with E-state index in [1.807, 2.05) is 54.8 Å². The molecular formula is C28H32N6O4S. The van der Waals surface area contributed by atoms with Crippen molar-refractivity contribution in [3.05, 3.63) is 70.3 Å². The summed E-state index contributed by atoms with van der Waals surface area (Å²) >= 11 is 1.53.